The predicted octanol–water partition coefficient (Wildman–Crippen LogP) is 3.17. The highest BCUT2D eigenvalue weighted by molar-refractivity contribution is 5.39. The topological polar surface area (TPSA) is 47.0 Å². The average molecular weight is 249 g/mol. The molecule has 2 rings (SSSR count). The molecule has 0 amide bonds. The van der Waals surface area contributed by atoms with Crippen molar-refractivity contribution in [2.24, 2.45) is 5.41 Å². The van der Waals surface area contributed by atoms with Gasteiger partial charge < -0.3 is 10.1 Å². The van der Waals surface area contributed by atoms with E-state index in [-0.39, 0.29) is 0 Å². The molecule has 1 aromatic heterocycles. The van der Waals surface area contributed by atoms with Crippen molar-refractivity contribution in [3.63, 3.8) is 0 Å². The first-order valence-electron chi connectivity index (χ1n) is 6.73. The van der Waals surface area contributed by atoms with Crippen molar-refractivity contribution < 1.29 is 4.74 Å². The lowest BCUT2D eigenvalue weighted by Crippen LogP contribution is -2.18. The van der Waals surface area contributed by atoms with Crippen molar-refractivity contribution >= 4 is 5.82 Å². The van der Waals surface area contributed by atoms with Gasteiger partial charge in [-0.1, -0.05) is 13.8 Å². The summed E-state index contributed by atoms with van der Waals surface area (Å²) in [6.45, 7) is 9.14. The summed E-state index contributed by atoms with van der Waals surface area (Å²) < 4.78 is 5.44. The van der Waals surface area contributed by atoms with Crippen LogP contribution in [0.25, 0.3) is 0 Å². The summed E-state index contributed by atoms with van der Waals surface area (Å²) in [4.78, 5) is 8.68. The number of aryl methyl sites for hydroxylation is 1. The zero-order valence-corrected chi connectivity index (χ0v) is 11.8. The molecule has 0 bridgehead atoms. The summed E-state index contributed by atoms with van der Waals surface area (Å²) in [7, 11) is 0. The Morgan fingerprint density at radius 2 is 2.22 bits per heavy atom. The molecule has 1 unspecified atom stereocenters. The van der Waals surface area contributed by atoms with Crippen LogP contribution in [-0.2, 0) is 0 Å². The first-order chi connectivity index (χ1) is 8.48. The van der Waals surface area contributed by atoms with E-state index in [0.717, 1.165) is 11.6 Å². The highest BCUT2D eigenvalue weighted by Crippen LogP contribution is 2.38. The zero-order valence-electron chi connectivity index (χ0n) is 11.8. The van der Waals surface area contributed by atoms with Crippen LogP contribution in [0.2, 0.25) is 0 Å². The number of rotatable bonds is 4. The van der Waals surface area contributed by atoms with Crippen molar-refractivity contribution in [1.82, 2.24) is 9.97 Å². The smallest absolute Gasteiger partial charge is 0.218 e. The summed E-state index contributed by atoms with van der Waals surface area (Å²) in [5.74, 6) is 2.29. The van der Waals surface area contributed by atoms with Gasteiger partial charge in [-0.2, -0.15) is 4.98 Å². The lowest BCUT2D eigenvalue weighted by molar-refractivity contribution is 0.325. The number of nitrogens with zero attached hydrogens (tertiary/aromatic N) is 2. The highest BCUT2D eigenvalue weighted by atomic mass is 16.5. The minimum atomic E-state index is 0.447. The summed E-state index contributed by atoms with van der Waals surface area (Å²) in [6.07, 6.45) is 3.67. The standard InChI is InChI=1S/C14H23N3O/c1-5-18-13-8-12(15-10(2)16-13)17-11-6-7-14(3,4)9-11/h8,11H,5-7,9H2,1-4H3,(H,15,16,17). The van der Waals surface area contributed by atoms with Gasteiger partial charge >= 0.3 is 0 Å². The summed E-state index contributed by atoms with van der Waals surface area (Å²) in [5.41, 5.74) is 0.447. The normalized spacial score (nSPS) is 21.9. The van der Waals surface area contributed by atoms with E-state index >= 15 is 0 Å². The molecule has 0 spiro atoms. The van der Waals surface area contributed by atoms with E-state index in [1.807, 2.05) is 19.9 Å². The Hall–Kier alpha value is -1.32. The molecule has 100 valence electrons. The van der Waals surface area contributed by atoms with Crippen molar-refractivity contribution in [3.05, 3.63) is 11.9 Å². The van der Waals surface area contributed by atoms with E-state index in [1.165, 1.54) is 19.3 Å². The Morgan fingerprint density at radius 3 is 2.83 bits per heavy atom. The van der Waals surface area contributed by atoms with Crippen LogP contribution in [0.5, 0.6) is 5.88 Å². The van der Waals surface area contributed by atoms with Crippen LogP contribution in [0, 0.1) is 12.3 Å². The fourth-order valence-corrected chi connectivity index (χ4v) is 2.60. The molecule has 1 aliphatic rings. The molecule has 0 aliphatic heterocycles. The molecule has 1 aliphatic carbocycles. The third kappa shape index (κ3) is 3.34. The molecule has 18 heavy (non-hydrogen) atoms. The van der Waals surface area contributed by atoms with Gasteiger partial charge in [-0.15, -0.1) is 0 Å². The number of nitrogens with one attached hydrogen (secondary N) is 1. The van der Waals surface area contributed by atoms with Gasteiger partial charge in [0.05, 0.1) is 6.61 Å². The second-order valence-electron chi connectivity index (χ2n) is 5.82. The Kier molecular flexibility index (Phi) is 3.73. The Labute approximate surface area is 109 Å². The van der Waals surface area contributed by atoms with E-state index < -0.39 is 0 Å². The molecule has 4 heteroatoms. The highest BCUT2D eigenvalue weighted by Gasteiger charge is 2.30. The van der Waals surface area contributed by atoms with Gasteiger partial charge in [-0.3, -0.25) is 0 Å². The van der Waals surface area contributed by atoms with Crippen LogP contribution < -0.4 is 10.1 Å². The Balaban J connectivity index is 2.05. The third-order valence-electron chi connectivity index (χ3n) is 3.43. The van der Waals surface area contributed by atoms with Crippen molar-refractivity contribution in [2.75, 3.05) is 11.9 Å². The predicted molar refractivity (Wildman–Crippen MR) is 73.0 cm³/mol. The fraction of sp³-hybridized carbons (Fsp3) is 0.714. The van der Waals surface area contributed by atoms with Gasteiger partial charge in [0.1, 0.15) is 11.6 Å². The van der Waals surface area contributed by atoms with Crippen molar-refractivity contribution in [2.45, 2.75) is 53.0 Å². The fourth-order valence-electron chi connectivity index (χ4n) is 2.60. The maximum Gasteiger partial charge on any atom is 0.218 e. The third-order valence-corrected chi connectivity index (χ3v) is 3.43. The molecule has 1 heterocycles. The number of hydrogen-bond donors (Lipinski definition) is 1. The van der Waals surface area contributed by atoms with E-state index in [1.54, 1.807) is 0 Å². The SMILES string of the molecule is CCOc1cc(NC2CCC(C)(C)C2)nc(C)n1. The first kappa shape index (κ1) is 13.1. The van der Waals surface area contributed by atoms with Gasteiger partial charge in [-0.05, 0) is 38.5 Å². The molecule has 1 saturated carbocycles. The molecule has 1 fully saturated rings. The quantitative estimate of drug-likeness (QED) is 0.890. The molecule has 0 saturated heterocycles. The van der Waals surface area contributed by atoms with E-state index in [4.69, 9.17) is 4.74 Å². The lowest BCUT2D eigenvalue weighted by Gasteiger charge is -2.18. The van der Waals surface area contributed by atoms with Crippen molar-refractivity contribution in [3.8, 4) is 5.88 Å². The summed E-state index contributed by atoms with van der Waals surface area (Å²) >= 11 is 0. The zero-order chi connectivity index (χ0) is 13.2. The van der Waals surface area contributed by atoms with Crippen LogP contribution in [0.1, 0.15) is 45.9 Å². The summed E-state index contributed by atoms with van der Waals surface area (Å²) in [6, 6.07) is 2.41. The van der Waals surface area contributed by atoms with Gasteiger partial charge in [0.15, 0.2) is 0 Å². The number of hydrogen-bond acceptors (Lipinski definition) is 4. The maximum atomic E-state index is 5.44. The van der Waals surface area contributed by atoms with Crippen LogP contribution in [0.3, 0.4) is 0 Å². The number of aromatic nitrogens is 2. The molecule has 0 radical (unpaired) electrons. The minimum absolute atomic E-state index is 0.447. The van der Waals surface area contributed by atoms with Crippen LogP contribution in [0.4, 0.5) is 5.82 Å². The maximum absolute atomic E-state index is 5.44. The average Bonchev–Trinajstić information content (AvgIpc) is 2.57. The second kappa shape index (κ2) is 5.12. The van der Waals surface area contributed by atoms with Crippen molar-refractivity contribution in [1.29, 1.82) is 0 Å². The van der Waals surface area contributed by atoms with Crippen LogP contribution in [0.15, 0.2) is 6.07 Å². The van der Waals surface area contributed by atoms with Crippen LogP contribution in [-0.4, -0.2) is 22.6 Å². The first-order valence-corrected chi connectivity index (χ1v) is 6.73. The van der Waals surface area contributed by atoms with Gasteiger partial charge in [0.2, 0.25) is 5.88 Å². The van der Waals surface area contributed by atoms with Gasteiger partial charge in [0, 0.05) is 12.1 Å². The van der Waals surface area contributed by atoms with E-state index in [2.05, 4.69) is 29.1 Å². The van der Waals surface area contributed by atoms with Crippen LogP contribution >= 0.6 is 0 Å². The van der Waals surface area contributed by atoms with Gasteiger partial charge in [0.25, 0.3) is 0 Å². The number of ether oxygens (including phenoxy) is 1. The summed E-state index contributed by atoms with van der Waals surface area (Å²) in [5, 5.41) is 3.50. The molecule has 1 N–H and O–H groups in total. The number of anilines is 1. The molecular weight excluding hydrogens is 226 g/mol. The van der Waals surface area contributed by atoms with E-state index in [0.29, 0.717) is 23.9 Å². The monoisotopic (exact) mass is 249 g/mol. The minimum Gasteiger partial charge on any atom is -0.478 e. The second-order valence-corrected chi connectivity index (χ2v) is 5.82. The molecular formula is C14H23N3O. The lowest BCUT2D eigenvalue weighted by atomic mass is 9.92. The Morgan fingerprint density at radius 1 is 1.44 bits per heavy atom. The van der Waals surface area contributed by atoms with Gasteiger partial charge in [-0.25, -0.2) is 4.98 Å². The van der Waals surface area contributed by atoms with E-state index in [9.17, 15) is 0 Å². The largest absolute Gasteiger partial charge is 0.478 e. The molecule has 4 nitrogen and oxygen atoms in total. The molecule has 1 aromatic rings. The Bertz CT molecular complexity index is 418. The molecule has 0 aromatic carbocycles. The molecule has 1 atom stereocenters.